The molecule has 0 bridgehead atoms. The molecule has 0 aliphatic carbocycles. The van der Waals surface area contributed by atoms with Gasteiger partial charge in [-0.15, -0.1) is 0 Å². The van der Waals surface area contributed by atoms with E-state index >= 15 is 0 Å². The molecule has 0 radical (unpaired) electrons. The number of hydrogen-bond acceptors (Lipinski definition) is 11. The number of alkyl carbamates (subject to hydrolysis) is 2. The maximum absolute atomic E-state index is 13.9. The molecule has 3 fully saturated rings. The van der Waals surface area contributed by atoms with Gasteiger partial charge in [-0.1, -0.05) is 39.8 Å². The van der Waals surface area contributed by atoms with E-state index in [4.69, 9.17) is 23.9 Å². The summed E-state index contributed by atoms with van der Waals surface area (Å²) >= 11 is 0. The van der Waals surface area contributed by atoms with Gasteiger partial charge in [0, 0.05) is 24.3 Å². The third kappa shape index (κ3) is 8.53. The van der Waals surface area contributed by atoms with Crippen LogP contribution in [0, 0.1) is 11.8 Å². The number of amides is 4. The molecule has 0 spiro atoms. The van der Waals surface area contributed by atoms with Crippen molar-refractivity contribution < 1.29 is 33.1 Å². The van der Waals surface area contributed by atoms with E-state index in [1.807, 2.05) is 49.6 Å². The number of hydrogen-bond donors (Lipinski definition) is 4. The van der Waals surface area contributed by atoms with Crippen LogP contribution in [0.25, 0.3) is 33.5 Å². The average molecular weight is 899 g/mol. The quantitative estimate of drug-likeness (QED) is 0.0921. The van der Waals surface area contributed by atoms with Gasteiger partial charge < -0.3 is 49.2 Å². The number of likely N-dealkylation sites (tertiary alicyclic amines) is 2. The highest BCUT2D eigenvalue weighted by Gasteiger charge is 2.40. The molecule has 0 saturated carbocycles. The Morgan fingerprint density at radius 1 is 0.667 bits per heavy atom. The minimum atomic E-state index is -0.718. The van der Waals surface area contributed by atoms with E-state index in [0.717, 1.165) is 94.6 Å². The van der Waals surface area contributed by atoms with E-state index in [2.05, 4.69) is 79.0 Å². The van der Waals surface area contributed by atoms with Gasteiger partial charge in [0.2, 0.25) is 17.7 Å². The molecule has 9 rings (SSSR count). The predicted molar refractivity (Wildman–Crippen MR) is 247 cm³/mol. The number of methoxy groups -OCH3 is 2. The summed E-state index contributed by atoms with van der Waals surface area (Å²) in [4.78, 5) is 79.8. The smallest absolute Gasteiger partial charge is 0.407 e. The number of carbonyl (C=O) groups excluding carboxylic acids is 4. The zero-order valence-corrected chi connectivity index (χ0v) is 38.2. The van der Waals surface area contributed by atoms with Crippen molar-refractivity contribution in [3.8, 4) is 11.5 Å². The summed E-state index contributed by atoms with van der Waals surface area (Å²) in [6.45, 7) is 8.79. The molecule has 6 heterocycles. The number of fused-ring (bicyclic) bond motifs is 2. The zero-order valence-electron chi connectivity index (χ0n) is 38.2. The molecule has 3 saturated heterocycles. The van der Waals surface area contributed by atoms with Gasteiger partial charge in [-0.25, -0.2) is 24.5 Å². The molecule has 17 heteroatoms. The average Bonchev–Trinajstić information content (AvgIpc) is 4.18. The van der Waals surface area contributed by atoms with Crippen LogP contribution in [0.5, 0.6) is 0 Å². The SMILES string of the molecule is COC(=O)N[C@H](C(=O)N1CCC[C@H]1c1nc2ccc([C@H]3CC[C@H](c4ccc5nc([C@@H]6CCCN6C(=O)[C@@H](NC(=O)OC)C(C)C)[nH]c5c4)N3c3ccc(-c4ncco4)cc3)cc2[nH]1)C(C)C. The lowest BCUT2D eigenvalue weighted by Crippen LogP contribution is -2.51. The number of aromatic amines is 2. The minimum absolute atomic E-state index is 0.0121. The number of ether oxygens (including phenoxy) is 2. The molecular formula is C49H58N10O7. The van der Waals surface area contributed by atoms with Gasteiger partial charge in [-0.3, -0.25) is 9.59 Å². The topological polar surface area (TPSA) is 204 Å². The lowest BCUT2D eigenvalue weighted by atomic mass is 10.0. The third-order valence-electron chi connectivity index (χ3n) is 13.5. The van der Waals surface area contributed by atoms with Crippen molar-refractivity contribution in [3.63, 3.8) is 0 Å². The van der Waals surface area contributed by atoms with Crippen LogP contribution < -0.4 is 15.5 Å². The first-order valence-electron chi connectivity index (χ1n) is 23.0. The van der Waals surface area contributed by atoms with Crippen molar-refractivity contribution in [3.05, 3.63) is 95.9 Å². The van der Waals surface area contributed by atoms with Crippen molar-refractivity contribution in [2.75, 3.05) is 32.2 Å². The van der Waals surface area contributed by atoms with Crippen molar-refractivity contribution in [2.45, 2.75) is 102 Å². The van der Waals surface area contributed by atoms with Crippen molar-refractivity contribution in [1.82, 2.24) is 45.4 Å². The van der Waals surface area contributed by atoms with Gasteiger partial charge in [-0.05, 0) is 110 Å². The highest BCUT2D eigenvalue weighted by Crippen LogP contribution is 2.48. The molecule has 66 heavy (non-hydrogen) atoms. The number of nitrogens with one attached hydrogen (secondary N) is 4. The number of oxazole rings is 1. The van der Waals surface area contributed by atoms with Crippen LogP contribution in [-0.2, 0) is 19.1 Å². The molecule has 4 amide bonds. The van der Waals surface area contributed by atoms with Crippen LogP contribution in [0.3, 0.4) is 0 Å². The molecule has 6 atom stereocenters. The molecule has 3 aromatic heterocycles. The summed E-state index contributed by atoms with van der Waals surface area (Å²) in [6.07, 6.45) is 6.89. The fourth-order valence-corrected chi connectivity index (χ4v) is 10.2. The molecule has 0 unspecified atom stereocenters. The van der Waals surface area contributed by atoms with E-state index < -0.39 is 24.3 Å². The van der Waals surface area contributed by atoms with Gasteiger partial charge >= 0.3 is 12.2 Å². The Labute approximate surface area is 383 Å². The maximum Gasteiger partial charge on any atom is 0.407 e. The van der Waals surface area contributed by atoms with Gasteiger partial charge in [0.15, 0.2) is 0 Å². The number of benzene rings is 3. The Bertz CT molecular complexity index is 2570. The second kappa shape index (κ2) is 18.5. The Balaban J connectivity index is 1.01. The van der Waals surface area contributed by atoms with Gasteiger partial charge in [-0.2, -0.15) is 0 Å². The molecule has 3 aromatic carbocycles. The monoisotopic (exact) mass is 898 g/mol. The van der Waals surface area contributed by atoms with Gasteiger partial charge in [0.1, 0.15) is 30.0 Å². The maximum atomic E-state index is 13.9. The van der Waals surface area contributed by atoms with Gasteiger partial charge in [0.25, 0.3) is 0 Å². The van der Waals surface area contributed by atoms with E-state index in [1.165, 1.54) is 14.2 Å². The van der Waals surface area contributed by atoms with Crippen LogP contribution in [0.2, 0.25) is 0 Å². The number of H-pyrrole nitrogens is 2. The largest absolute Gasteiger partial charge is 0.453 e. The fourth-order valence-electron chi connectivity index (χ4n) is 10.2. The van der Waals surface area contributed by atoms with Crippen LogP contribution >= 0.6 is 0 Å². The van der Waals surface area contributed by atoms with E-state index in [0.29, 0.717) is 19.0 Å². The van der Waals surface area contributed by atoms with Crippen LogP contribution in [-0.4, -0.2) is 98.1 Å². The molecule has 6 aromatic rings. The van der Waals surface area contributed by atoms with Crippen molar-refractivity contribution >= 4 is 51.8 Å². The summed E-state index contributed by atoms with van der Waals surface area (Å²) in [5.41, 5.74) is 7.63. The molecule has 4 N–H and O–H groups in total. The van der Waals surface area contributed by atoms with Gasteiger partial charge in [0.05, 0.1) is 66.7 Å². The van der Waals surface area contributed by atoms with Crippen molar-refractivity contribution in [2.24, 2.45) is 11.8 Å². The molecule has 346 valence electrons. The fraction of sp³-hybridized carbons (Fsp3) is 0.449. The summed E-state index contributed by atoms with van der Waals surface area (Å²) < 4.78 is 15.3. The number of aromatic nitrogens is 5. The Hall–Kier alpha value is -6.91. The first-order chi connectivity index (χ1) is 31.9. The second-order valence-electron chi connectivity index (χ2n) is 18.3. The number of rotatable bonds is 12. The first kappa shape index (κ1) is 44.3. The highest BCUT2D eigenvalue weighted by atomic mass is 16.5. The normalized spacial score (nSPS) is 20.7. The van der Waals surface area contributed by atoms with Crippen molar-refractivity contribution in [1.29, 1.82) is 0 Å². The summed E-state index contributed by atoms with van der Waals surface area (Å²) in [5.74, 6) is 1.46. The summed E-state index contributed by atoms with van der Waals surface area (Å²) in [6, 6.07) is 19.2. The summed E-state index contributed by atoms with van der Waals surface area (Å²) in [5, 5.41) is 5.47. The van der Waals surface area contributed by atoms with Crippen LogP contribution in [0.1, 0.15) is 113 Å². The molecule has 3 aliphatic heterocycles. The summed E-state index contributed by atoms with van der Waals surface area (Å²) in [7, 11) is 2.59. The second-order valence-corrected chi connectivity index (χ2v) is 18.3. The van der Waals surface area contributed by atoms with E-state index in [1.54, 1.807) is 12.5 Å². The Morgan fingerprint density at radius 3 is 1.58 bits per heavy atom. The standard InChI is InChI=1S/C49H58N10O7/c1-27(2)41(55-48(62)64-5)46(60)57-22-7-9-39(57)43-51-33-17-13-30(25-35(33)53-43)37-19-20-38(59(37)32-15-11-29(12-16-32)45-50-21-24-66-45)31-14-18-34-36(26-31)54-44(52-34)40-10-8-23-58(40)47(61)42(28(3)4)56-49(63)65-6/h11-18,21,24-28,37-42H,7-10,19-20,22-23H2,1-6H3,(H,51,53)(H,52,54)(H,55,62)(H,56,63)/t37-,38-,39+,40+,41+,42+/m1/s1. The molecule has 3 aliphatic rings. The lowest BCUT2D eigenvalue weighted by molar-refractivity contribution is -0.136. The first-order valence-corrected chi connectivity index (χ1v) is 23.0. The van der Waals surface area contributed by atoms with Crippen LogP contribution in [0.15, 0.2) is 77.5 Å². The molecule has 17 nitrogen and oxygen atoms in total. The highest BCUT2D eigenvalue weighted by molar-refractivity contribution is 5.88. The van der Waals surface area contributed by atoms with Crippen LogP contribution in [0.4, 0.5) is 15.3 Å². The number of nitrogens with zero attached hydrogens (tertiary/aromatic N) is 6. The Kier molecular flexibility index (Phi) is 12.4. The Morgan fingerprint density at radius 2 is 1.15 bits per heavy atom. The predicted octanol–water partition coefficient (Wildman–Crippen LogP) is 8.27. The van der Waals surface area contributed by atoms with E-state index in [-0.39, 0.29) is 47.8 Å². The number of anilines is 1. The van der Waals surface area contributed by atoms with E-state index in [9.17, 15) is 19.2 Å². The third-order valence-corrected chi connectivity index (χ3v) is 13.5. The number of imidazole rings is 2. The minimum Gasteiger partial charge on any atom is -0.453 e. The molecular weight excluding hydrogens is 841 g/mol. The number of carbonyl (C=O) groups is 4. The zero-order chi connectivity index (χ0) is 46.2. The lowest BCUT2D eigenvalue weighted by Gasteiger charge is -2.33.